The SMILES string of the molecule is CCOC(=CBr)c1ccc(Cl)cc1Cl. The van der Waals surface area contributed by atoms with Gasteiger partial charge < -0.3 is 4.74 Å². The smallest absolute Gasteiger partial charge is 0.134 e. The fraction of sp³-hybridized carbons (Fsp3) is 0.200. The van der Waals surface area contributed by atoms with Crippen LogP contribution in [0.1, 0.15) is 12.5 Å². The highest BCUT2D eigenvalue weighted by Crippen LogP contribution is 2.28. The van der Waals surface area contributed by atoms with Crippen LogP contribution in [0.2, 0.25) is 10.0 Å². The third-order valence-electron chi connectivity index (χ3n) is 1.60. The average Bonchev–Trinajstić information content (AvgIpc) is 2.15. The van der Waals surface area contributed by atoms with E-state index >= 15 is 0 Å². The van der Waals surface area contributed by atoms with Crippen LogP contribution in [0.3, 0.4) is 0 Å². The normalized spacial score (nSPS) is 11.6. The van der Waals surface area contributed by atoms with Gasteiger partial charge in [-0.1, -0.05) is 39.1 Å². The predicted octanol–water partition coefficient (Wildman–Crippen LogP) is 4.72. The van der Waals surface area contributed by atoms with Crippen LogP contribution in [0.4, 0.5) is 0 Å². The summed E-state index contributed by atoms with van der Waals surface area (Å²) in [6.45, 7) is 2.51. The molecule has 0 aliphatic rings. The van der Waals surface area contributed by atoms with Crippen molar-refractivity contribution in [2.45, 2.75) is 6.92 Å². The van der Waals surface area contributed by atoms with Gasteiger partial charge in [-0.2, -0.15) is 0 Å². The first-order valence-electron chi connectivity index (χ1n) is 4.07. The molecule has 0 saturated carbocycles. The van der Waals surface area contributed by atoms with E-state index in [-0.39, 0.29) is 0 Å². The standard InChI is InChI=1S/C10H9BrCl2O/c1-2-14-10(6-11)8-4-3-7(12)5-9(8)13/h3-6H,2H2,1H3. The van der Waals surface area contributed by atoms with E-state index in [1.54, 1.807) is 17.1 Å². The second kappa shape index (κ2) is 5.64. The Morgan fingerprint density at radius 3 is 2.71 bits per heavy atom. The predicted molar refractivity (Wildman–Crippen MR) is 65.0 cm³/mol. The Hall–Kier alpha value is -0.180. The molecule has 0 radical (unpaired) electrons. The van der Waals surface area contributed by atoms with Crippen LogP contribution in [0.25, 0.3) is 5.76 Å². The third kappa shape index (κ3) is 2.91. The Labute approximate surface area is 102 Å². The molecule has 1 rings (SSSR count). The van der Waals surface area contributed by atoms with Gasteiger partial charge in [-0.15, -0.1) is 0 Å². The minimum atomic E-state index is 0.580. The molecule has 0 fully saturated rings. The Balaban J connectivity index is 3.05. The van der Waals surface area contributed by atoms with E-state index in [0.29, 0.717) is 22.4 Å². The van der Waals surface area contributed by atoms with Crippen LogP contribution < -0.4 is 0 Å². The van der Waals surface area contributed by atoms with Crippen molar-refractivity contribution < 1.29 is 4.74 Å². The molecular weight excluding hydrogens is 287 g/mol. The molecule has 0 bridgehead atoms. The molecule has 1 aromatic rings. The summed E-state index contributed by atoms with van der Waals surface area (Å²) >= 11 is 15.0. The molecule has 0 aliphatic carbocycles. The third-order valence-corrected chi connectivity index (χ3v) is 2.56. The molecule has 0 atom stereocenters. The molecule has 1 aromatic carbocycles. The second-order valence-electron chi connectivity index (χ2n) is 2.53. The van der Waals surface area contributed by atoms with Crippen molar-refractivity contribution in [2.24, 2.45) is 0 Å². The van der Waals surface area contributed by atoms with E-state index in [1.807, 2.05) is 13.0 Å². The lowest BCUT2D eigenvalue weighted by atomic mass is 10.2. The highest BCUT2D eigenvalue weighted by atomic mass is 79.9. The molecular formula is C10H9BrCl2O. The molecule has 0 unspecified atom stereocenters. The van der Waals surface area contributed by atoms with E-state index in [9.17, 15) is 0 Å². The van der Waals surface area contributed by atoms with Crippen LogP contribution in [0.5, 0.6) is 0 Å². The van der Waals surface area contributed by atoms with Crippen LogP contribution >= 0.6 is 39.1 Å². The van der Waals surface area contributed by atoms with E-state index < -0.39 is 0 Å². The second-order valence-corrected chi connectivity index (χ2v) is 3.83. The largest absolute Gasteiger partial charge is 0.493 e. The van der Waals surface area contributed by atoms with E-state index in [2.05, 4.69) is 15.9 Å². The molecule has 76 valence electrons. The number of hydrogen-bond donors (Lipinski definition) is 0. The molecule has 14 heavy (non-hydrogen) atoms. The Kier molecular flexibility index (Phi) is 4.79. The maximum atomic E-state index is 6.01. The molecule has 0 aromatic heterocycles. The topological polar surface area (TPSA) is 9.23 Å². The van der Waals surface area contributed by atoms with Gasteiger partial charge in [-0.25, -0.2) is 0 Å². The van der Waals surface area contributed by atoms with E-state index in [1.165, 1.54) is 0 Å². The van der Waals surface area contributed by atoms with Crippen LogP contribution in [-0.4, -0.2) is 6.61 Å². The number of ether oxygens (including phenoxy) is 1. The van der Waals surface area contributed by atoms with Crippen LogP contribution in [-0.2, 0) is 4.74 Å². The molecule has 0 spiro atoms. The molecule has 0 aliphatic heterocycles. The van der Waals surface area contributed by atoms with Crippen molar-refractivity contribution in [3.63, 3.8) is 0 Å². The van der Waals surface area contributed by atoms with Gasteiger partial charge in [-0.3, -0.25) is 0 Å². The fourth-order valence-electron chi connectivity index (χ4n) is 1.01. The number of hydrogen-bond acceptors (Lipinski definition) is 1. The van der Waals surface area contributed by atoms with Crippen molar-refractivity contribution in [2.75, 3.05) is 6.61 Å². The van der Waals surface area contributed by atoms with Gasteiger partial charge in [0.1, 0.15) is 5.76 Å². The van der Waals surface area contributed by atoms with Gasteiger partial charge in [0.2, 0.25) is 0 Å². The fourth-order valence-corrected chi connectivity index (χ4v) is 1.89. The zero-order chi connectivity index (χ0) is 10.6. The lowest BCUT2D eigenvalue weighted by Gasteiger charge is -2.09. The van der Waals surface area contributed by atoms with Gasteiger partial charge in [-0.05, 0) is 25.1 Å². The highest BCUT2D eigenvalue weighted by Gasteiger charge is 2.07. The van der Waals surface area contributed by atoms with Gasteiger partial charge >= 0.3 is 0 Å². The minimum absolute atomic E-state index is 0.580. The lowest BCUT2D eigenvalue weighted by molar-refractivity contribution is 0.299. The maximum Gasteiger partial charge on any atom is 0.134 e. The summed E-state index contributed by atoms with van der Waals surface area (Å²) in [7, 11) is 0. The quantitative estimate of drug-likeness (QED) is 0.733. The first kappa shape index (κ1) is 11.9. The van der Waals surface area contributed by atoms with Gasteiger partial charge in [0.05, 0.1) is 11.6 Å². The summed E-state index contributed by atoms with van der Waals surface area (Å²) in [6.07, 6.45) is 0. The number of benzene rings is 1. The molecule has 0 heterocycles. The average molecular weight is 296 g/mol. The van der Waals surface area contributed by atoms with Crippen molar-refractivity contribution in [3.8, 4) is 0 Å². The molecule has 0 saturated heterocycles. The van der Waals surface area contributed by atoms with Crippen LogP contribution in [0.15, 0.2) is 23.2 Å². The summed E-state index contributed by atoms with van der Waals surface area (Å²) in [5.74, 6) is 0.703. The first-order valence-corrected chi connectivity index (χ1v) is 5.74. The highest BCUT2D eigenvalue weighted by molar-refractivity contribution is 9.11. The van der Waals surface area contributed by atoms with Crippen molar-refractivity contribution in [1.82, 2.24) is 0 Å². The Morgan fingerprint density at radius 2 is 2.21 bits per heavy atom. The zero-order valence-corrected chi connectivity index (χ0v) is 10.7. The summed E-state index contributed by atoms with van der Waals surface area (Å²) < 4.78 is 5.38. The van der Waals surface area contributed by atoms with Gasteiger partial charge in [0.15, 0.2) is 0 Å². The zero-order valence-electron chi connectivity index (χ0n) is 7.56. The summed E-state index contributed by atoms with van der Waals surface area (Å²) in [4.78, 5) is 1.70. The van der Waals surface area contributed by atoms with Crippen LogP contribution in [0, 0.1) is 0 Å². The number of halogens is 3. The van der Waals surface area contributed by atoms with E-state index in [0.717, 1.165) is 5.56 Å². The monoisotopic (exact) mass is 294 g/mol. The molecule has 0 N–H and O–H groups in total. The molecule has 0 amide bonds. The van der Waals surface area contributed by atoms with Gasteiger partial charge in [0.25, 0.3) is 0 Å². The van der Waals surface area contributed by atoms with Gasteiger partial charge in [0, 0.05) is 15.6 Å². The summed E-state index contributed by atoms with van der Waals surface area (Å²) in [6, 6.07) is 5.29. The van der Waals surface area contributed by atoms with E-state index in [4.69, 9.17) is 27.9 Å². The lowest BCUT2D eigenvalue weighted by Crippen LogP contribution is -1.91. The summed E-state index contributed by atoms with van der Waals surface area (Å²) in [5, 5.41) is 1.20. The maximum absolute atomic E-state index is 6.01. The molecule has 4 heteroatoms. The van der Waals surface area contributed by atoms with Crippen molar-refractivity contribution in [1.29, 1.82) is 0 Å². The first-order chi connectivity index (χ1) is 6.69. The van der Waals surface area contributed by atoms with Crippen molar-refractivity contribution >= 4 is 44.9 Å². The number of rotatable bonds is 3. The Morgan fingerprint density at radius 1 is 1.50 bits per heavy atom. The summed E-state index contributed by atoms with van der Waals surface area (Å²) in [5.41, 5.74) is 0.829. The minimum Gasteiger partial charge on any atom is -0.493 e. The Bertz CT molecular complexity index is 350. The van der Waals surface area contributed by atoms with Crippen molar-refractivity contribution in [3.05, 3.63) is 38.8 Å². The molecule has 1 nitrogen and oxygen atoms in total.